The van der Waals surface area contributed by atoms with Crippen molar-refractivity contribution in [3.63, 3.8) is 0 Å². The van der Waals surface area contributed by atoms with Crippen molar-refractivity contribution in [3.8, 4) is 22.9 Å². The number of ether oxygens (including phenoxy) is 2. The molecule has 1 aromatic carbocycles. The first-order valence-corrected chi connectivity index (χ1v) is 5.28. The number of carbonyl (C=O) groups is 1. The molecule has 2 aromatic rings. The summed E-state index contributed by atoms with van der Waals surface area (Å²) in [6, 6.07) is 5.21. The summed E-state index contributed by atoms with van der Waals surface area (Å²) >= 11 is 0. The normalized spacial score (nSPS) is 9.89. The molecule has 0 N–H and O–H groups in total. The minimum absolute atomic E-state index is 0.416. The van der Waals surface area contributed by atoms with Crippen LogP contribution in [0.5, 0.6) is 11.6 Å². The van der Waals surface area contributed by atoms with Gasteiger partial charge in [0.2, 0.25) is 5.88 Å². The Morgan fingerprint density at radius 2 is 1.89 bits per heavy atom. The first-order valence-electron chi connectivity index (χ1n) is 5.28. The van der Waals surface area contributed by atoms with Gasteiger partial charge in [-0.2, -0.15) is 0 Å². The Labute approximate surface area is 104 Å². The van der Waals surface area contributed by atoms with Gasteiger partial charge in [0.1, 0.15) is 11.4 Å². The van der Waals surface area contributed by atoms with Gasteiger partial charge in [0.25, 0.3) is 0 Å². The summed E-state index contributed by atoms with van der Waals surface area (Å²) in [5.41, 5.74) is 1.80. The van der Waals surface area contributed by atoms with E-state index in [9.17, 15) is 4.79 Å². The summed E-state index contributed by atoms with van der Waals surface area (Å²) in [4.78, 5) is 19.3. The molecule has 2 rings (SSSR count). The Kier molecular flexibility index (Phi) is 3.52. The van der Waals surface area contributed by atoms with E-state index < -0.39 is 0 Å². The van der Waals surface area contributed by atoms with Crippen molar-refractivity contribution in [3.05, 3.63) is 36.2 Å². The molecule has 5 heteroatoms. The minimum atomic E-state index is 0.416. The summed E-state index contributed by atoms with van der Waals surface area (Å²) < 4.78 is 10.2. The van der Waals surface area contributed by atoms with Gasteiger partial charge in [0, 0.05) is 18.0 Å². The predicted octanol–water partition coefficient (Wildman–Crippen LogP) is 1.97. The Hall–Kier alpha value is -2.43. The molecule has 0 saturated carbocycles. The van der Waals surface area contributed by atoms with E-state index in [1.807, 2.05) is 0 Å². The summed E-state index contributed by atoms with van der Waals surface area (Å²) in [6.45, 7) is 0. The highest BCUT2D eigenvalue weighted by molar-refractivity contribution is 5.83. The second kappa shape index (κ2) is 5.27. The van der Waals surface area contributed by atoms with Crippen LogP contribution < -0.4 is 9.47 Å². The second-order valence-corrected chi connectivity index (χ2v) is 3.49. The van der Waals surface area contributed by atoms with Gasteiger partial charge in [0.15, 0.2) is 6.29 Å². The summed E-state index contributed by atoms with van der Waals surface area (Å²) in [5, 5.41) is 0. The van der Waals surface area contributed by atoms with Crippen LogP contribution in [0.3, 0.4) is 0 Å². The number of hydrogen-bond donors (Lipinski definition) is 0. The molecule has 0 saturated heterocycles. The Morgan fingerprint density at radius 1 is 1.11 bits per heavy atom. The zero-order valence-electron chi connectivity index (χ0n) is 10.1. The van der Waals surface area contributed by atoms with Crippen molar-refractivity contribution in [2.24, 2.45) is 0 Å². The standard InChI is InChI=1S/C13H12N2O3/c1-17-11-4-3-9(7-10(11)8-16)12-13(18-2)15-6-5-14-12/h3-8H,1-2H3. The van der Waals surface area contributed by atoms with Crippen LogP contribution in [0.1, 0.15) is 10.4 Å². The minimum Gasteiger partial charge on any atom is -0.496 e. The quantitative estimate of drug-likeness (QED) is 0.769. The third kappa shape index (κ3) is 2.15. The molecule has 0 bridgehead atoms. The highest BCUT2D eigenvalue weighted by atomic mass is 16.5. The Balaban J connectivity index is 2.54. The number of benzene rings is 1. The molecule has 0 amide bonds. The molecule has 0 atom stereocenters. The molecular weight excluding hydrogens is 232 g/mol. The summed E-state index contributed by atoms with van der Waals surface area (Å²) in [6.07, 6.45) is 3.86. The maximum absolute atomic E-state index is 11.0. The van der Waals surface area contributed by atoms with Crippen LogP contribution in [-0.4, -0.2) is 30.5 Å². The van der Waals surface area contributed by atoms with E-state index in [-0.39, 0.29) is 0 Å². The first-order chi connectivity index (χ1) is 8.80. The predicted molar refractivity (Wildman–Crippen MR) is 66.0 cm³/mol. The highest BCUT2D eigenvalue weighted by Gasteiger charge is 2.11. The maximum atomic E-state index is 11.0. The van der Waals surface area contributed by atoms with Crippen LogP contribution in [0.15, 0.2) is 30.6 Å². The van der Waals surface area contributed by atoms with Crippen molar-refractivity contribution in [1.29, 1.82) is 0 Å². The molecule has 5 nitrogen and oxygen atoms in total. The fourth-order valence-corrected chi connectivity index (χ4v) is 1.65. The third-order valence-corrected chi connectivity index (χ3v) is 2.49. The van der Waals surface area contributed by atoms with E-state index in [2.05, 4.69) is 9.97 Å². The lowest BCUT2D eigenvalue weighted by Gasteiger charge is -2.08. The van der Waals surface area contributed by atoms with Gasteiger partial charge in [-0.3, -0.25) is 4.79 Å². The smallest absolute Gasteiger partial charge is 0.240 e. The van der Waals surface area contributed by atoms with Gasteiger partial charge in [-0.1, -0.05) is 0 Å². The van der Waals surface area contributed by atoms with Crippen molar-refractivity contribution in [1.82, 2.24) is 9.97 Å². The first kappa shape index (κ1) is 12.0. The number of carbonyl (C=O) groups excluding carboxylic acids is 1. The monoisotopic (exact) mass is 244 g/mol. The highest BCUT2D eigenvalue weighted by Crippen LogP contribution is 2.28. The molecule has 0 aliphatic heterocycles. The van der Waals surface area contributed by atoms with Crippen molar-refractivity contribution < 1.29 is 14.3 Å². The van der Waals surface area contributed by atoms with Crippen molar-refractivity contribution in [2.45, 2.75) is 0 Å². The van der Waals surface area contributed by atoms with Crippen molar-refractivity contribution >= 4 is 6.29 Å². The van der Waals surface area contributed by atoms with E-state index in [0.29, 0.717) is 22.9 Å². The van der Waals surface area contributed by atoms with Gasteiger partial charge in [-0.05, 0) is 18.2 Å². The number of methoxy groups -OCH3 is 2. The van der Waals surface area contributed by atoms with E-state index in [1.165, 1.54) is 14.2 Å². The topological polar surface area (TPSA) is 61.3 Å². The number of rotatable bonds is 4. The second-order valence-electron chi connectivity index (χ2n) is 3.49. The lowest BCUT2D eigenvalue weighted by molar-refractivity contribution is 0.112. The molecule has 1 heterocycles. The zero-order valence-corrected chi connectivity index (χ0v) is 10.1. The van der Waals surface area contributed by atoms with Gasteiger partial charge < -0.3 is 9.47 Å². The van der Waals surface area contributed by atoms with Crippen LogP contribution in [0, 0.1) is 0 Å². The van der Waals surface area contributed by atoms with Crippen molar-refractivity contribution in [2.75, 3.05) is 14.2 Å². The molecule has 18 heavy (non-hydrogen) atoms. The van der Waals surface area contributed by atoms with Crippen LogP contribution in [0.25, 0.3) is 11.3 Å². The molecule has 0 unspecified atom stereocenters. The van der Waals surface area contributed by atoms with Crippen LogP contribution in [-0.2, 0) is 0 Å². The molecule has 92 valence electrons. The van der Waals surface area contributed by atoms with Crippen LogP contribution in [0.4, 0.5) is 0 Å². The summed E-state index contributed by atoms with van der Waals surface area (Å²) in [7, 11) is 3.04. The number of aromatic nitrogens is 2. The van der Waals surface area contributed by atoms with E-state index >= 15 is 0 Å². The SMILES string of the molecule is COc1ccc(-c2nccnc2OC)cc1C=O. The number of hydrogen-bond acceptors (Lipinski definition) is 5. The molecule has 0 spiro atoms. The van der Waals surface area contributed by atoms with Gasteiger partial charge in [-0.15, -0.1) is 0 Å². The zero-order chi connectivity index (χ0) is 13.0. The van der Waals surface area contributed by atoms with Crippen LogP contribution >= 0.6 is 0 Å². The lowest BCUT2D eigenvalue weighted by atomic mass is 10.1. The fourth-order valence-electron chi connectivity index (χ4n) is 1.65. The number of aldehydes is 1. The van der Waals surface area contributed by atoms with Gasteiger partial charge >= 0.3 is 0 Å². The Bertz CT molecular complexity index is 570. The molecule has 1 aromatic heterocycles. The molecular formula is C13H12N2O3. The van der Waals surface area contributed by atoms with Gasteiger partial charge in [-0.25, -0.2) is 9.97 Å². The average Bonchev–Trinajstić information content (AvgIpc) is 2.46. The molecule has 0 fully saturated rings. The largest absolute Gasteiger partial charge is 0.496 e. The average molecular weight is 244 g/mol. The maximum Gasteiger partial charge on any atom is 0.240 e. The van der Waals surface area contributed by atoms with E-state index in [1.54, 1.807) is 30.6 Å². The van der Waals surface area contributed by atoms with E-state index in [4.69, 9.17) is 9.47 Å². The molecule has 0 aliphatic rings. The fraction of sp³-hybridized carbons (Fsp3) is 0.154. The third-order valence-electron chi connectivity index (χ3n) is 2.49. The number of nitrogens with zero attached hydrogens (tertiary/aromatic N) is 2. The molecule has 0 aliphatic carbocycles. The lowest BCUT2D eigenvalue weighted by Crippen LogP contribution is -1.96. The van der Waals surface area contributed by atoms with Crippen LogP contribution in [0.2, 0.25) is 0 Å². The molecule has 0 radical (unpaired) electrons. The van der Waals surface area contributed by atoms with Gasteiger partial charge in [0.05, 0.1) is 19.8 Å². The Morgan fingerprint density at radius 3 is 2.56 bits per heavy atom. The van der Waals surface area contributed by atoms with E-state index in [0.717, 1.165) is 11.8 Å². The summed E-state index contributed by atoms with van der Waals surface area (Å²) in [5.74, 6) is 0.941.